The first-order valence-corrected chi connectivity index (χ1v) is 10.5. The molecule has 31 heavy (non-hydrogen) atoms. The van der Waals surface area contributed by atoms with Crippen LogP contribution in [0.2, 0.25) is 0 Å². The number of esters is 1. The van der Waals surface area contributed by atoms with Crippen LogP contribution >= 0.6 is 0 Å². The molecule has 9 nitrogen and oxygen atoms in total. The summed E-state index contributed by atoms with van der Waals surface area (Å²) in [7, 11) is 0. The van der Waals surface area contributed by atoms with Gasteiger partial charge in [-0.15, -0.1) is 0 Å². The van der Waals surface area contributed by atoms with Gasteiger partial charge < -0.3 is 19.9 Å². The number of aromatic nitrogens is 2. The monoisotopic (exact) mass is 423 g/mol. The Morgan fingerprint density at radius 1 is 1.06 bits per heavy atom. The van der Waals surface area contributed by atoms with Crippen molar-refractivity contribution in [2.45, 2.75) is 25.7 Å². The van der Waals surface area contributed by atoms with Gasteiger partial charge in [-0.3, -0.25) is 14.4 Å². The lowest BCUT2D eigenvalue weighted by Gasteiger charge is -2.30. The molecule has 3 heterocycles. The Morgan fingerprint density at radius 2 is 1.81 bits per heavy atom. The van der Waals surface area contributed by atoms with Crippen molar-refractivity contribution in [2.75, 3.05) is 41.4 Å². The van der Waals surface area contributed by atoms with Crippen LogP contribution in [0.15, 0.2) is 42.7 Å². The molecule has 2 aliphatic rings. The number of para-hydroxylation sites is 2. The number of hydrogen-bond donors (Lipinski definition) is 1. The third kappa shape index (κ3) is 4.99. The summed E-state index contributed by atoms with van der Waals surface area (Å²) in [6, 6.07) is 8.91. The standard InChI is InChI=1S/C22H25N5O4/c28-19(25-17-5-1-2-6-18(17)27-12-3-7-20(27)29)15-31-21(30)16-8-13-26(14-9-16)22-23-10-4-11-24-22/h1-2,4-6,10-11,16H,3,7-9,12-15H2,(H,25,28). The van der Waals surface area contributed by atoms with Gasteiger partial charge in [0.05, 0.1) is 17.3 Å². The highest BCUT2D eigenvalue weighted by atomic mass is 16.5. The fraction of sp³-hybridized carbons (Fsp3) is 0.409. The van der Waals surface area contributed by atoms with Gasteiger partial charge in [-0.2, -0.15) is 0 Å². The molecule has 1 aromatic carbocycles. The second-order valence-corrected chi connectivity index (χ2v) is 7.63. The van der Waals surface area contributed by atoms with Gasteiger partial charge in [0.2, 0.25) is 11.9 Å². The Hall–Kier alpha value is -3.49. The Kier molecular flexibility index (Phi) is 6.40. The number of carbonyl (C=O) groups is 3. The summed E-state index contributed by atoms with van der Waals surface area (Å²) < 4.78 is 5.26. The number of carbonyl (C=O) groups excluding carboxylic acids is 3. The molecule has 0 spiro atoms. The second-order valence-electron chi connectivity index (χ2n) is 7.63. The lowest BCUT2D eigenvalue weighted by molar-refractivity contribution is -0.152. The van der Waals surface area contributed by atoms with E-state index in [-0.39, 0.29) is 24.4 Å². The third-order valence-electron chi connectivity index (χ3n) is 5.55. The van der Waals surface area contributed by atoms with Crippen LogP contribution in [0.25, 0.3) is 0 Å². The predicted molar refractivity (Wildman–Crippen MR) is 115 cm³/mol. The van der Waals surface area contributed by atoms with Crippen LogP contribution in [0.3, 0.4) is 0 Å². The fourth-order valence-corrected chi connectivity index (χ4v) is 3.93. The largest absolute Gasteiger partial charge is 0.455 e. The fourth-order valence-electron chi connectivity index (χ4n) is 3.93. The normalized spacial score (nSPS) is 17.0. The summed E-state index contributed by atoms with van der Waals surface area (Å²) in [6.45, 7) is 1.59. The van der Waals surface area contributed by atoms with Gasteiger partial charge in [0.25, 0.3) is 5.91 Å². The molecule has 0 atom stereocenters. The molecule has 2 amide bonds. The second kappa shape index (κ2) is 9.55. The van der Waals surface area contributed by atoms with E-state index in [4.69, 9.17) is 4.74 Å². The minimum absolute atomic E-state index is 0.0420. The van der Waals surface area contributed by atoms with Gasteiger partial charge in [0, 0.05) is 38.4 Å². The van der Waals surface area contributed by atoms with E-state index in [0.717, 1.165) is 6.42 Å². The molecule has 0 bridgehead atoms. The molecule has 162 valence electrons. The molecular formula is C22H25N5O4. The predicted octanol–water partition coefficient (Wildman–Crippen LogP) is 2.00. The van der Waals surface area contributed by atoms with Crippen LogP contribution in [-0.4, -0.2) is 54.0 Å². The molecule has 9 heteroatoms. The van der Waals surface area contributed by atoms with Crippen molar-refractivity contribution in [3.63, 3.8) is 0 Å². The molecule has 2 aromatic rings. The molecular weight excluding hydrogens is 398 g/mol. The minimum Gasteiger partial charge on any atom is -0.455 e. The highest BCUT2D eigenvalue weighted by Gasteiger charge is 2.28. The van der Waals surface area contributed by atoms with E-state index >= 15 is 0 Å². The van der Waals surface area contributed by atoms with E-state index < -0.39 is 5.91 Å². The first kappa shape index (κ1) is 20.8. The molecule has 4 rings (SSSR count). The lowest BCUT2D eigenvalue weighted by atomic mass is 9.97. The van der Waals surface area contributed by atoms with Crippen molar-refractivity contribution < 1.29 is 19.1 Å². The van der Waals surface area contributed by atoms with Crippen molar-refractivity contribution in [2.24, 2.45) is 5.92 Å². The van der Waals surface area contributed by atoms with Crippen LogP contribution in [0, 0.1) is 5.92 Å². The van der Waals surface area contributed by atoms with Crippen LogP contribution in [0.5, 0.6) is 0 Å². The van der Waals surface area contributed by atoms with Crippen molar-refractivity contribution in [1.82, 2.24) is 9.97 Å². The summed E-state index contributed by atoms with van der Waals surface area (Å²) in [5.74, 6) is -0.346. The van der Waals surface area contributed by atoms with E-state index in [9.17, 15) is 14.4 Å². The van der Waals surface area contributed by atoms with Crippen molar-refractivity contribution in [3.05, 3.63) is 42.7 Å². The zero-order valence-electron chi connectivity index (χ0n) is 17.2. The number of nitrogens with zero attached hydrogens (tertiary/aromatic N) is 4. The summed E-state index contributed by atoms with van der Waals surface area (Å²) in [5, 5.41) is 2.76. The SMILES string of the molecule is O=C(COC(=O)C1CCN(c2ncccn2)CC1)Nc1ccccc1N1CCCC1=O. The Bertz CT molecular complexity index is 944. The Balaban J connectivity index is 1.26. The molecule has 0 radical (unpaired) electrons. The van der Waals surface area contributed by atoms with Crippen molar-refractivity contribution in [3.8, 4) is 0 Å². The number of nitrogens with one attached hydrogen (secondary N) is 1. The topological polar surface area (TPSA) is 105 Å². The van der Waals surface area contributed by atoms with E-state index in [1.165, 1.54) is 0 Å². The maximum atomic E-state index is 12.4. The van der Waals surface area contributed by atoms with E-state index in [1.54, 1.807) is 41.6 Å². The maximum Gasteiger partial charge on any atom is 0.309 e. The highest BCUT2D eigenvalue weighted by molar-refractivity contribution is 6.02. The molecule has 0 unspecified atom stereocenters. The average molecular weight is 423 g/mol. The zero-order chi connectivity index (χ0) is 21.6. The smallest absolute Gasteiger partial charge is 0.309 e. The Labute approximate surface area is 180 Å². The van der Waals surface area contributed by atoms with Crippen molar-refractivity contribution >= 4 is 35.1 Å². The highest BCUT2D eigenvalue weighted by Crippen LogP contribution is 2.29. The molecule has 1 N–H and O–H groups in total. The van der Waals surface area contributed by atoms with E-state index in [1.807, 2.05) is 11.0 Å². The van der Waals surface area contributed by atoms with Gasteiger partial charge in [0.15, 0.2) is 6.61 Å². The van der Waals surface area contributed by atoms with E-state index in [2.05, 4.69) is 15.3 Å². The summed E-state index contributed by atoms with van der Waals surface area (Å²) >= 11 is 0. The molecule has 2 aliphatic heterocycles. The molecule has 1 aromatic heterocycles. The van der Waals surface area contributed by atoms with Crippen LogP contribution < -0.4 is 15.1 Å². The first-order chi connectivity index (χ1) is 15.1. The molecule has 2 saturated heterocycles. The lowest BCUT2D eigenvalue weighted by Crippen LogP contribution is -2.38. The number of rotatable bonds is 6. The quantitative estimate of drug-likeness (QED) is 0.709. The summed E-state index contributed by atoms with van der Waals surface area (Å²) in [4.78, 5) is 49.0. The summed E-state index contributed by atoms with van der Waals surface area (Å²) in [5.41, 5.74) is 1.20. The average Bonchev–Trinajstić information content (AvgIpc) is 3.24. The van der Waals surface area contributed by atoms with Gasteiger partial charge in [-0.05, 0) is 37.5 Å². The number of hydrogen-bond acceptors (Lipinski definition) is 7. The number of anilines is 3. The summed E-state index contributed by atoms with van der Waals surface area (Å²) in [6.07, 6.45) is 5.94. The van der Waals surface area contributed by atoms with Gasteiger partial charge in [-0.1, -0.05) is 12.1 Å². The third-order valence-corrected chi connectivity index (χ3v) is 5.55. The van der Waals surface area contributed by atoms with Crippen LogP contribution in [0.4, 0.5) is 17.3 Å². The zero-order valence-corrected chi connectivity index (χ0v) is 17.2. The van der Waals surface area contributed by atoms with E-state index in [0.29, 0.717) is 56.2 Å². The van der Waals surface area contributed by atoms with Gasteiger partial charge in [-0.25, -0.2) is 9.97 Å². The maximum absolute atomic E-state index is 12.4. The van der Waals surface area contributed by atoms with Crippen molar-refractivity contribution in [1.29, 1.82) is 0 Å². The number of piperidine rings is 1. The molecule has 0 saturated carbocycles. The Morgan fingerprint density at radius 3 is 2.52 bits per heavy atom. The van der Waals surface area contributed by atoms with Crippen LogP contribution in [0.1, 0.15) is 25.7 Å². The van der Waals surface area contributed by atoms with Gasteiger partial charge in [0.1, 0.15) is 0 Å². The first-order valence-electron chi connectivity index (χ1n) is 10.5. The van der Waals surface area contributed by atoms with Gasteiger partial charge >= 0.3 is 5.97 Å². The number of benzene rings is 1. The molecule has 2 fully saturated rings. The van der Waals surface area contributed by atoms with Crippen LogP contribution in [-0.2, 0) is 19.1 Å². The number of ether oxygens (including phenoxy) is 1. The molecule has 0 aliphatic carbocycles. The number of amides is 2. The minimum atomic E-state index is -0.428.